The van der Waals surface area contributed by atoms with Crippen molar-refractivity contribution < 1.29 is 4.74 Å². The summed E-state index contributed by atoms with van der Waals surface area (Å²) >= 11 is 5.98. The molecular weight excluding hydrogens is 210 g/mol. The van der Waals surface area contributed by atoms with Crippen LogP contribution in [-0.2, 0) is 6.42 Å². The number of hydrogen-bond acceptors (Lipinski definition) is 2. The van der Waals surface area contributed by atoms with E-state index in [4.69, 9.17) is 21.6 Å². The van der Waals surface area contributed by atoms with E-state index >= 15 is 0 Å². The lowest BCUT2D eigenvalue weighted by Crippen LogP contribution is -2.12. The van der Waals surface area contributed by atoms with Crippen LogP contribution in [0.15, 0.2) is 18.2 Å². The fraction of sp³-hybridized carbons (Fsp3) is 0.417. The average Bonchev–Trinajstić information content (AvgIpc) is 2.28. The highest BCUT2D eigenvalue weighted by atomic mass is 35.5. The molecule has 0 aliphatic rings. The second-order valence-electron chi connectivity index (χ2n) is 3.25. The first-order chi connectivity index (χ1) is 7.21. The number of nitriles is 1. The molecular formula is C12H14ClNO. The van der Waals surface area contributed by atoms with Crippen molar-refractivity contribution in [3.05, 3.63) is 28.8 Å². The number of ether oxygens (including phenoxy) is 1. The van der Waals surface area contributed by atoms with E-state index < -0.39 is 0 Å². The minimum absolute atomic E-state index is 0.379. The highest BCUT2D eigenvalue weighted by Crippen LogP contribution is 2.23. The molecule has 1 rings (SSSR count). The summed E-state index contributed by atoms with van der Waals surface area (Å²) in [5.41, 5.74) is 1.04. The van der Waals surface area contributed by atoms with Crippen LogP contribution >= 0.6 is 11.6 Å². The summed E-state index contributed by atoms with van der Waals surface area (Å²) in [6.07, 6.45) is 1.16. The third-order valence-electron chi connectivity index (χ3n) is 2.19. The van der Waals surface area contributed by atoms with Crippen molar-refractivity contribution in [1.29, 1.82) is 5.26 Å². The van der Waals surface area contributed by atoms with Crippen LogP contribution < -0.4 is 4.74 Å². The molecule has 0 bridgehead atoms. The van der Waals surface area contributed by atoms with Gasteiger partial charge < -0.3 is 4.74 Å². The number of hydrogen-bond donors (Lipinski definition) is 0. The number of halogens is 1. The maximum absolute atomic E-state index is 8.77. The molecule has 3 heteroatoms. The van der Waals surface area contributed by atoms with Crippen molar-refractivity contribution in [2.24, 2.45) is 0 Å². The molecule has 0 N–H and O–H groups in total. The van der Waals surface area contributed by atoms with E-state index in [0.29, 0.717) is 12.2 Å². The quantitative estimate of drug-likeness (QED) is 0.782. The topological polar surface area (TPSA) is 33.0 Å². The fourth-order valence-corrected chi connectivity index (χ4v) is 1.51. The first kappa shape index (κ1) is 11.9. The first-order valence-corrected chi connectivity index (χ1v) is 5.43. The normalized spacial score (nSPS) is 11.9. The zero-order chi connectivity index (χ0) is 11.3. The van der Waals surface area contributed by atoms with Crippen molar-refractivity contribution in [3.8, 4) is 11.8 Å². The van der Waals surface area contributed by atoms with E-state index in [1.165, 1.54) is 0 Å². The van der Waals surface area contributed by atoms with Gasteiger partial charge in [-0.1, -0.05) is 25.4 Å². The zero-order valence-corrected chi connectivity index (χ0v) is 9.71. The van der Waals surface area contributed by atoms with Crippen LogP contribution in [0.1, 0.15) is 25.8 Å². The molecule has 0 radical (unpaired) electrons. The van der Waals surface area contributed by atoms with Gasteiger partial charge in [0.2, 0.25) is 0 Å². The van der Waals surface area contributed by atoms with Crippen molar-refractivity contribution in [1.82, 2.24) is 0 Å². The van der Waals surface area contributed by atoms with Gasteiger partial charge in [0.1, 0.15) is 11.8 Å². The molecule has 2 nitrogen and oxygen atoms in total. The Hall–Kier alpha value is -1.20. The van der Waals surface area contributed by atoms with Crippen molar-refractivity contribution in [2.45, 2.75) is 32.8 Å². The predicted octanol–water partition coefficient (Wildman–Crippen LogP) is 3.58. The average molecular weight is 224 g/mol. The minimum atomic E-state index is -0.379. The molecule has 0 aromatic heterocycles. The Morgan fingerprint density at radius 1 is 1.47 bits per heavy atom. The first-order valence-electron chi connectivity index (χ1n) is 5.06. The molecule has 0 fully saturated rings. The number of rotatable bonds is 4. The zero-order valence-electron chi connectivity index (χ0n) is 8.96. The monoisotopic (exact) mass is 223 g/mol. The summed E-state index contributed by atoms with van der Waals surface area (Å²) in [6, 6.07) is 7.59. The molecule has 1 atom stereocenters. The van der Waals surface area contributed by atoms with Crippen LogP contribution in [0.5, 0.6) is 5.75 Å². The molecule has 0 spiro atoms. The summed E-state index contributed by atoms with van der Waals surface area (Å²) in [5, 5.41) is 9.51. The van der Waals surface area contributed by atoms with Crippen LogP contribution in [-0.4, -0.2) is 6.10 Å². The van der Waals surface area contributed by atoms with Gasteiger partial charge in [0, 0.05) is 5.02 Å². The van der Waals surface area contributed by atoms with Gasteiger partial charge in [0.15, 0.2) is 6.10 Å². The van der Waals surface area contributed by atoms with Gasteiger partial charge in [-0.05, 0) is 36.6 Å². The van der Waals surface area contributed by atoms with Crippen LogP contribution in [0.4, 0.5) is 0 Å². The van der Waals surface area contributed by atoms with Gasteiger partial charge >= 0.3 is 0 Å². The van der Waals surface area contributed by atoms with Crippen LogP contribution in [0.2, 0.25) is 5.02 Å². The lowest BCUT2D eigenvalue weighted by atomic mass is 10.1. The van der Waals surface area contributed by atoms with E-state index in [2.05, 4.69) is 6.07 Å². The largest absolute Gasteiger partial charge is 0.476 e. The second kappa shape index (κ2) is 5.63. The van der Waals surface area contributed by atoms with Crippen LogP contribution in [0.25, 0.3) is 0 Å². The van der Waals surface area contributed by atoms with Crippen LogP contribution in [0, 0.1) is 11.3 Å². The van der Waals surface area contributed by atoms with Crippen LogP contribution in [0.3, 0.4) is 0 Å². The molecule has 0 aliphatic heterocycles. The SMILES string of the molecule is CCc1cc(OC(C#N)CC)ccc1Cl. The fourth-order valence-electron chi connectivity index (χ4n) is 1.26. The number of nitrogens with zero attached hydrogens (tertiary/aromatic N) is 1. The standard InChI is InChI=1S/C12H14ClNO/c1-3-9-7-11(5-6-12(9)13)15-10(4-2)8-14/h5-7,10H,3-4H2,1-2H3. The smallest absolute Gasteiger partial charge is 0.184 e. The summed E-state index contributed by atoms with van der Waals surface area (Å²) in [7, 11) is 0. The van der Waals surface area contributed by atoms with Gasteiger partial charge in [-0.3, -0.25) is 0 Å². The maximum atomic E-state index is 8.77. The summed E-state index contributed by atoms with van der Waals surface area (Å²) in [6.45, 7) is 3.96. The Balaban J connectivity index is 2.83. The van der Waals surface area contributed by atoms with E-state index in [9.17, 15) is 0 Å². The Morgan fingerprint density at radius 2 is 2.20 bits per heavy atom. The van der Waals surface area contributed by atoms with Crippen molar-refractivity contribution in [3.63, 3.8) is 0 Å². The molecule has 80 valence electrons. The summed E-state index contributed by atoms with van der Waals surface area (Å²) in [5.74, 6) is 0.713. The number of benzene rings is 1. The van der Waals surface area contributed by atoms with E-state index in [1.54, 1.807) is 12.1 Å². The van der Waals surface area contributed by atoms with Gasteiger partial charge in [0.05, 0.1) is 0 Å². The Morgan fingerprint density at radius 3 is 2.73 bits per heavy atom. The lowest BCUT2D eigenvalue weighted by molar-refractivity contribution is 0.251. The van der Waals surface area contributed by atoms with Crippen molar-refractivity contribution in [2.75, 3.05) is 0 Å². The van der Waals surface area contributed by atoms with Gasteiger partial charge in [-0.25, -0.2) is 0 Å². The molecule has 0 aliphatic carbocycles. The third kappa shape index (κ3) is 3.14. The third-order valence-corrected chi connectivity index (χ3v) is 2.56. The Bertz CT molecular complexity index is 370. The van der Waals surface area contributed by atoms with Gasteiger partial charge in [0.25, 0.3) is 0 Å². The van der Waals surface area contributed by atoms with E-state index in [-0.39, 0.29) is 6.10 Å². The molecule has 1 aromatic rings. The van der Waals surface area contributed by atoms with Gasteiger partial charge in [-0.2, -0.15) is 5.26 Å². The molecule has 0 heterocycles. The molecule has 0 saturated carbocycles. The molecule has 0 amide bonds. The highest BCUT2D eigenvalue weighted by Gasteiger charge is 2.07. The predicted molar refractivity (Wildman–Crippen MR) is 61.2 cm³/mol. The Labute approximate surface area is 95.4 Å². The van der Waals surface area contributed by atoms with Crippen molar-refractivity contribution >= 4 is 11.6 Å². The highest BCUT2D eigenvalue weighted by molar-refractivity contribution is 6.31. The summed E-state index contributed by atoms with van der Waals surface area (Å²) in [4.78, 5) is 0. The minimum Gasteiger partial charge on any atom is -0.476 e. The molecule has 15 heavy (non-hydrogen) atoms. The number of aryl methyl sites for hydroxylation is 1. The second-order valence-corrected chi connectivity index (χ2v) is 3.66. The van der Waals surface area contributed by atoms with E-state index in [0.717, 1.165) is 17.0 Å². The molecule has 1 aromatic carbocycles. The van der Waals surface area contributed by atoms with Gasteiger partial charge in [-0.15, -0.1) is 0 Å². The lowest BCUT2D eigenvalue weighted by Gasteiger charge is -2.11. The molecule has 0 saturated heterocycles. The Kier molecular flexibility index (Phi) is 4.45. The summed E-state index contributed by atoms with van der Waals surface area (Å²) < 4.78 is 5.49. The maximum Gasteiger partial charge on any atom is 0.184 e. The molecule has 1 unspecified atom stereocenters. The van der Waals surface area contributed by atoms with E-state index in [1.807, 2.05) is 19.9 Å².